The third kappa shape index (κ3) is 3.47. The van der Waals surface area contributed by atoms with Crippen molar-refractivity contribution < 1.29 is 24.9 Å². The maximum atomic E-state index is 12.1. The maximum absolute atomic E-state index is 12.1. The van der Waals surface area contributed by atoms with Gasteiger partial charge in [0.1, 0.15) is 0 Å². The maximum Gasteiger partial charge on any atom is 0.176 e. The largest absolute Gasteiger partial charge is 0.504 e. The van der Waals surface area contributed by atoms with Crippen LogP contribution < -0.4 is 0 Å². The Morgan fingerprint density at radius 2 is 2.10 bits per heavy atom. The Labute approximate surface area is 117 Å². The summed E-state index contributed by atoms with van der Waals surface area (Å²) in [4.78, 5) is 14.1. The van der Waals surface area contributed by atoms with Crippen molar-refractivity contribution in [1.82, 2.24) is 4.90 Å². The molecule has 2 unspecified atom stereocenters. The van der Waals surface area contributed by atoms with Crippen LogP contribution in [0.25, 0.3) is 0 Å². The Kier molecular flexibility index (Phi) is 4.59. The molecular weight excluding hydrogens is 262 g/mol. The van der Waals surface area contributed by atoms with Gasteiger partial charge in [0.2, 0.25) is 0 Å². The highest BCUT2D eigenvalue weighted by Gasteiger charge is 2.26. The number of ether oxygens (including phenoxy) is 1. The number of hydrogen-bond acceptors (Lipinski definition) is 6. The number of rotatable bonds is 4. The van der Waals surface area contributed by atoms with Crippen molar-refractivity contribution in [3.8, 4) is 11.5 Å². The van der Waals surface area contributed by atoms with Crippen LogP contribution in [0.2, 0.25) is 0 Å². The number of benzene rings is 1. The molecule has 110 valence electrons. The van der Waals surface area contributed by atoms with Gasteiger partial charge in [-0.2, -0.15) is 0 Å². The number of hydrogen-bond donors (Lipinski definition) is 3. The Balaban J connectivity index is 2.01. The second-order valence-electron chi connectivity index (χ2n) is 5.07. The van der Waals surface area contributed by atoms with Gasteiger partial charge in [-0.3, -0.25) is 9.69 Å². The van der Waals surface area contributed by atoms with Gasteiger partial charge in [0.15, 0.2) is 17.3 Å². The van der Waals surface area contributed by atoms with Crippen molar-refractivity contribution in [3.05, 3.63) is 23.8 Å². The van der Waals surface area contributed by atoms with E-state index >= 15 is 0 Å². The van der Waals surface area contributed by atoms with E-state index in [0.29, 0.717) is 18.7 Å². The molecule has 1 heterocycles. The van der Waals surface area contributed by atoms with E-state index in [0.717, 1.165) is 0 Å². The zero-order valence-electron chi connectivity index (χ0n) is 11.3. The Bertz CT molecular complexity index is 490. The summed E-state index contributed by atoms with van der Waals surface area (Å²) in [6, 6.07) is 4.02. The van der Waals surface area contributed by atoms with E-state index in [1.54, 1.807) is 0 Å². The molecule has 0 radical (unpaired) electrons. The number of morpholine rings is 1. The van der Waals surface area contributed by atoms with Crippen LogP contribution in [0.3, 0.4) is 0 Å². The van der Waals surface area contributed by atoms with Crippen LogP contribution in [0.1, 0.15) is 17.3 Å². The summed E-state index contributed by atoms with van der Waals surface area (Å²) in [6.45, 7) is 3.12. The number of phenols is 2. The molecule has 0 aromatic heterocycles. The fourth-order valence-corrected chi connectivity index (χ4v) is 2.36. The molecule has 1 fully saturated rings. The average molecular weight is 281 g/mol. The molecule has 20 heavy (non-hydrogen) atoms. The molecule has 3 N–H and O–H groups in total. The molecule has 0 amide bonds. The number of ketones is 1. The molecule has 1 aliphatic rings. The smallest absolute Gasteiger partial charge is 0.176 e. The SMILES string of the molecule is CC1CN(CC(=O)c2ccc(O)c(O)c2)CC(CO)O1. The minimum absolute atomic E-state index is 0.0399. The van der Waals surface area contributed by atoms with E-state index < -0.39 is 0 Å². The predicted octanol–water partition coefficient (Wildman–Crippen LogP) is 0.362. The number of aromatic hydroxyl groups is 2. The van der Waals surface area contributed by atoms with Crippen molar-refractivity contribution in [2.24, 2.45) is 0 Å². The topological polar surface area (TPSA) is 90.2 Å². The first-order valence-corrected chi connectivity index (χ1v) is 6.53. The van der Waals surface area contributed by atoms with E-state index in [9.17, 15) is 15.0 Å². The highest BCUT2D eigenvalue weighted by atomic mass is 16.5. The zero-order chi connectivity index (χ0) is 14.7. The highest BCUT2D eigenvalue weighted by Crippen LogP contribution is 2.25. The van der Waals surface area contributed by atoms with Gasteiger partial charge in [-0.05, 0) is 25.1 Å². The van der Waals surface area contributed by atoms with Gasteiger partial charge in [0, 0.05) is 18.7 Å². The van der Waals surface area contributed by atoms with Gasteiger partial charge < -0.3 is 20.1 Å². The highest BCUT2D eigenvalue weighted by molar-refractivity contribution is 5.98. The second kappa shape index (κ2) is 6.21. The molecule has 0 bridgehead atoms. The summed E-state index contributed by atoms with van der Waals surface area (Å²) >= 11 is 0. The van der Waals surface area contributed by atoms with Gasteiger partial charge in [0.05, 0.1) is 25.4 Å². The monoisotopic (exact) mass is 281 g/mol. The molecule has 2 rings (SSSR count). The molecule has 0 spiro atoms. The first-order valence-electron chi connectivity index (χ1n) is 6.53. The minimum Gasteiger partial charge on any atom is -0.504 e. The molecule has 6 heteroatoms. The zero-order valence-corrected chi connectivity index (χ0v) is 11.3. The number of Topliss-reactive ketones (excluding diaryl/α,β-unsaturated/α-hetero) is 1. The van der Waals surface area contributed by atoms with Crippen LogP contribution in [0.15, 0.2) is 18.2 Å². The molecule has 1 aromatic carbocycles. The van der Waals surface area contributed by atoms with Crippen LogP contribution >= 0.6 is 0 Å². The fraction of sp³-hybridized carbons (Fsp3) is 0.500. The van der Waals surface area contributed by atoms with Crippen molar-refractivity contribution in [1.29, 1.82) is 0 Å². The fourth-order valence-electron chi connectivity index (χ4n) is 2.36. The quantitative estimate of drug-likeness (QED) is 0.545. The summed E-state index contributed by atoms with van der Waals surface area (Å²) in [7, 11) is 0. The summed E-state index contributed by atoms with van der Waals surface area (Å²) in [5.74, 6) is -0.701. The average Bonchev–Trinajstić information content (AvgIpc) is 2.41. The molecule has 1 saturated heterocycles. The number of aliphatic hydroxyl groups excluding tert-OH is 1. The van der Waals surface area contributed by atoms with E-state index in [1.807, 2.05) is 11.8 Å². The lowest BCUT2D eigenvalue weighted by molar-refractivity contribution is -0.0926. The predicted molar refractivity (Wildman–Crippen MR) is 72.0 cm³/mol. The molecule has 0 aliphatic carbocycles. The van der Waals surface area contributed by atoms with Crippen molar-refractivity contribution in [2.75, 3.05) is 26.2 Å². The summed E-state index contributed by atoms with van der Waals surface area (Å²) in [5, 5.41) is 27.8. The molecule has 2 atom stereocenters. The summed E-state index contributed by atoms with van der Waals surface area (Å²) in [5.41, 5.74) is 0.347. The lowest BCUT2D eigenvalue weighted by Crippen LogP contribution is -2.49. The lowest BCUT2D eigenvalue weighted by Gasteiger charge is -2.35. The van der Waals surface area contributed by atoms with E-state index in [4.69, 9.17) is 9.84 Å². The van der Waals surface area contributed by atoms with Crippen LogP contribution in [-0.2, 0) is 4.74 Å². The molecule has 0 saturated carbocycles. The molecule has 1 aliphatic heterocycles. The number of nitrogens with zero attached hydrogens (tertiary/aromatic N) is 1. The number of phenolic OH excluding ortho intramolecular Hbond substituents is 2. The van der Waals surface area contributed by atoms with E-state index in [2.05, 4.69) is 0 Å². The first kappa shape index (κ1) is 14.8. The van der Waals surface area contributed by atoms with Gasteiger partial charge in [-0.1, -0.05) is 0 Å². The molecular formula is C14H19NO5. The number of carbonyl (C=O) groups is 1. The lowest BCUT2D eigenvalue weighted by atomic mass is 10.1. The minimum atomic E-state index is -0.306. The van der Waals surface area contributed by atoms with Gasteiger partial charge >= 0.3 is 0 Å². The Morgan fingerprint density at radius 3 is 2.75 bits per heavy atom. The van der Waals surface area contributed by atoms with Crippen LogP contribution in [0.5, 0.6) is 11.5 Å². The standard InChI is InChI=1S/C14H19NO5/c1-9-5-15(6-11(8-16)20-9)7-14(19)10-2-3-12(17)13(18)4-10/h2-4,9,11,16-18H,5-8H2,1H3. The third-order valence-corrected chi connectivity index (χ3v) is 3.27. The molecule has 1 aromatic rings. The van der Waals surface area contributed by atoms with Gasteiger partial charge in [-0.15, -0.1) is 0 Å². The van der Waals surface area contributed by atoms with Crippen molar-refractivity contribution in [3.63, 3.8) is 0 Å². The Hall–Kier alpha value is -1.63. The van der Waals surface area contributed by atoms with E-state index in [1.165, 1.54) is 18.2 Å². The number of aliphatic hydroxyl groups is 1. The number of carbonyl (C=O) groups excluding carboxylic acids is 1. The third-order valence-electron chi connectivity index (χ3n) is 3.27. The second-order valence-corrected chi connectivity index (χ2v) is 5.07. The van der Waals surface area contributed by atoms with Gasteiger partial charge in [-0.25, -0.2) is 0 Å². The van der Waals surface area contributed by atoms with Gasteiger partial charge in [0.25, 0.3) is 0 Å². The van der Waals surface area contributed by atoms with Crippen molar-refractivity contribution in [2.45, 2.75) is 19.1 Å². The normalized spacial score (nSPS) is 23.7. The summed E-state index contributed by atoms with van der Waals surface area (Å²) < 4.78 is 5.51. The van der Waals surface area contributed by atoms with Crippen molar-refractivity contribution >= 4 is 5.78 Å². The molecule has 6 nitrogen and oxygen atoms in total. The van der Waals surface area contributed by atoms with Crippen LogP contribution in [-0.4, -0.2) is 64.5 Å². The van der Waals surface area contributed by atoms with Crippen LogP contribution in [0, 0.1) is 0 Å². The Morgan fingerprint density at radius 1 is 1.35 bits per heavy atom. The first-order chi connectivity index (χ1) is 9.49. The van der Waals surface area contributed by atoms with Crippen LogP contribution in [0.4, 0.5) is 0 Å². The van der Waals surface area contributed by atoms with E-state index in [-0.39, 0.29) is 42.6 Å². The summed E-state index contributed by atoms with van der Waals surface area (Å²) in [6.07, 6.45) is -0.318.